The molecule has 0 aliphatic rings. The molecular formula is C12H20S. The van der Waals surface area contributed by atoms with Crippen LogP contribution in [0.4, 0.5) is 0 Å². The lowest BCUT2D eigenvalue weighted by molar-refractivity contribution is 0.331. The van der Waals surface area contributed by atoms with E-state index < -0.39 is 0 Å². The Morgan fingerprint density at radius 3 is 2.38 bits per heavy atom. The molecule has 0 fully saturated rings. The van der Waals surface area contributed by atoms with Crippen molar-refractivity contribution < 1.29 is 0 Å². The molecule has 1 unspecified atom stereocenters. The average molecular weight is 196 g/mol. The molecule has 0 saturated heterocycles. The van der Waals surface area contributed by atoms with Crippen LogP contribution in [0.3, 0.4) is 0 Å². The van der Waals surface area contributed by atoms with E-state index in [1.165, 1.54) is 12.0 Å². The second kappa shape index (κ2) is 3.83. The highest BCUT2D eigenvalue weighted by Crippen LogP contribution is 2.39. The van der Waals surface area contributed by atoms with Gasteiger partial charge in [0.15, 0.2) is 0 Å². The summed E-state index contributed by atoms with van der Waals surface area (Å²) in [5.74, 6) is 0.717. The third-order valence-corrected chi connectivity index (χ3v) is 4.69. The van der Waals surface area contributed by atoms with Crippen LogP contribution in [0.1, 0.15) is 44.6 Å². The first kappa shape index (κ1) is 10.8. The summed E-state index contributed by atoms with van der Waals surface area (Å²) in [7, 11) is 0. The third-order valence-electron chi connectivity index (χ3n) is 3.39. The number of hydrogen-bond donors (Lipinski definition) is 0. The quantitative estimate of drug-likeness (QED) is 0.673. The van der Waals surface area contributed by atoms with Crippen molar-refractivity contribution in [3.05, 3.63) is 21.9 Å². The maximum atomic E-state index is 2.39. The van der Waals surface area contributed by atoms with Gasteiger partial charge in [-0.25, -0.2) is 0 Å². The summed E-state index contributed by atoms with van der Waals surface area (Å²) in [6.45, 7) is 11.5. The van der Waals surface area contributed by atoms with Crippen molar-refractivity contribution in [1.29, 1.82) is 0 Å². The van der Waals surface area contributed by atoms with E-state index >= 15 is 0 Å². The summed E-state index contributed by atoms with van der Waals surface area (Å²) < 4.78 is 0. The monoisotopic (exact) mass is 196 g/mol. The first-order valence-corrected chi connectivity index (χ1v) is 5.95. The van der Waals surface area contributed by atoms with E-state index in [0.29, 0.717) is 5.41 Å². The van der Waals surface area contributed by atoms with Crippen LogP contribution >= 0.6 is 11.3 Å². The number of rotatable bonds is 3. The fraction of sp³-hybridized carbons (Fsp3) is 0.667. The van der Waals surface area contributed by atoms with Crippen LogP contribution in [0.5, 0.6) is 0 Å². The van der Waals surface area contributed by atoms with Crippen LogP contribution in [-0.4, -0.2) is 0 Å². The summed E-state index contributed by atoms with van der Waals surface area (Å²) in [5.41, 5.74) is 1.83. The van der Waals surface area contributed by atoms with E-state index in [9.17, 15) is 0 Å². The Morgan fingerprint density at radius 1 is 1.46 bits per heavy atom. The molecule has 13 heavy (non-hydrogen) atoms. The van der Waals surface area contributed by atoms with Crippen LogP contribution < -0.4 is 0 Å². The van der Waals surface area contributed by atoms with Gasteiger partial charge in [0.2, 0.25) is 0 Å². The summed E-state index contributed by atoms with van der Waals surface area (Å²) in [5, 5.41) is 2.21. The fourth-order valence-corrected chi connectivity index (χ4v) is 3.10. The van der Waals surface area contributed by atoms with Crippen LogP contribution in [0, 0.1) is 12.8 Å². The molecule has 0 aliphatic carbocycles. The molecular weight excluding hydrogens is 176 g/mol. The molecule has 74 valence electrons. The first-order chi connectivity index (χ1) is 6.02. The standard InChI is InChI=1S/C12H20S/c1-6-12(5,9(2)3)11-10(4)7-8-13-11/h7-9H,6H2,1-5H3. The number of aryl methyl sites for hydroxylation is 1. The van der Waals surface area contributed by atoms with Gasteiger partial charge in [0.25, 0.3) is 0 Å². The van der Waals surface area contributed by atoms with Crippen molar-refractivity contribution in [2.45, 2.75) is 46.5 Å². The Morgan fingerprint density at radius 2 is 2.08 bits per heavy atom. The predicted octanol–water partition coefficient (Wildman–Crippen LogP) is 4.38. The highest BCUT2D eigenvalue weighted by Gasteiger charge is 2.30. The molecule has 1 rings (SSSR count). The lowest BCUT2D eigenvalue weighted by atomic mass is 9.74. The average Bonchev–Trinajstić information content (AvgIpc) is 2.50. The van der Waals surface area contributed by atoms with E-state index in [-0.39, 0.29) is 0 Å². The molecule has 1 aromatic rings. The van der Waals surface area contributed by atoms with Gasteiger partial charge in [-0.15, -0.1) is 11.3 Å². The van der Waals surface area contributed by atoms with Crippen molar-refractivity contribution in [1.82, 2.24) is 0 Å². The lowest BCUT2D eigenvalue weighted by Gasteiger charge is -2.32. The molecule has 0 aromatic carbocycles. The Balaban J connectivity index is 3.10. The van der Waals surface area contributed by atoms with Gasteiger partial charge < -0.3 is 0 Å². The second-order valence-corrected chi connectivity index (χ2v) is 5.27. The molecule has 1 atom stereocenters. The van der Waals surface area contributed by atoms with E-state index in [2.05, 4.69) is 46.1 Å². The largest absolute Gasteiger partial charge is 0.148 e. The minimum atomic E-state index is 0.373. The Labute approximate surface area is 86.0 Å². The van der Waals surface area contributed by atoms with Crippen molar-refractivity contribution in [3.8, 4) is 0 Å². The topological polar surface area (TPSA) is 0 Å². The van der Waals surface area contributed by atoms with Crippen LogP contribution in [-0.2, 0) is 5.41 Å². The minimum Gasteiger partial charge on any atom is -0.148 e. The first-order valence-electron chi connectivity index (χ1n) is 5.07. The van der Waals surface area contributed by atoms with E-state index in [1.54, 1.807) is 4.88 Å². The van der Waals surface area contributed by atoms with Gasteiger partial charge >= 0.3 is 0 Å². The van der Waals surface area contributed by atoms with Gasteiger partial charge in [-0.05, 0) is 36.3 Å². The maximum Gasteiger partial charge on any atom is 0.0136 e. The summed E-state index contributed by atoms with van der Waals surface area (Å²) in [4.78, 5) is 1.57. The van der Waals surface area contributed by atoms with Crippen molar-refractivity contribution in [3.63, 3.8) is 0 Å². The molecule has 0 N–H and O–H groups in total. The van der Waals surface area contributed by atoms with Gasteiger partial charge in [-0.2, -0.15) is 0 Å². The molecule has 1 aromatic heterocycles. The van der Waals surface area contributed by atoms with Crippen LogP contribution in [0.25, 0.3) is 0 Å². The second-order valence-electron chi connectivity index (χ2n) is 4.36. The maximum absolute atomic E-state index is 2.39. The minimum absolute atomic E-state index is 0.373. The Kier molecular flexibility index (Phi) is 3.18. The van der Waals surface area contributed by atoms with E-state index in [1.807, 2.05) is 11.3 Å². The van der Waals surface area contributed by atoms with Gasteiger partial charge in [0.1, 0.15) is 0 Å². The highest BCUT2D eigenvalue weighted by atomic mass is 32.1. The molecule has 1 heterocycles. The molecule has 0 amide bonds. The van der Waals surface area contributed by atoms with E-state index in [4.69, 9.17) is 0 Å². The zero-order valence-corrected chi connectivity index (χ0v) is 10.2. The van der Waals surface area contributed by atoms with Crippen molar-refractivity contribution >= 4 is 11.3 Å². The number of hydrogen-bond acceptors (Lipinski definition) is 1. The van der Waals surface area contributed by atoms with Gasteiger partial charge in [-0.1, -0.05) is 27.7 Å². The molecule has 1 heteroatoms. The summed E-state index contributed by atoms with van der Waals surface area (Å²) in [6, 6.07) is 2.23. The Bertz CT molecular complexity index is 272. The van der Waals surface area contributed by atoms with Gasteiger partial charge in [0, 0.05) is 10.3 Å². The Hall–Kier alpha value is -0.300. The summed E-state index contributed by atoms with van der Waals surface area (Å²) >= 11 is 1.91. The molecule has 0 saturated carbocycles. The van der Waals surface area contributed by atoms with Crippen molar-refractivity contribution in [2.75, 3.05) is 0 Å². The molecule has 0 radical (unpaired) electrons. The zero-order chi connectivity index (χ0) is 10.1. The summed E-state index contributed by atoms with van der Waals surface area (Å²) in [6.07, 6.45) is 1.23. The molecule has 0 spiro atoms. The molecule has 0 nitrogen and oxygen atoms in total. The van der Waals surface area contributed by atoms with Crippen LogP contribution in [0.15, 0.2) is 11.4 Å². The zero-order valence-electron chi connectivity index (χ0n) is 9.35. The SMILES string of the molecule is CCC(C)(c1sccc1C)C(C)C. The lowest BCUT2D eigenvalue weighted by Crippen LogP contribution is -2.27. The number of thiophene rings is 1. The van der Waals surface area contributed by atoms with E-state index in [0.717, 1.165) is 5.92 Å². The normalized spacial score (nSPS) is 16.2. The smallest absolute Gasteiger partial charge is 0.0136 e. The molecule has 0 bridgehead atoms. The van der Waals surface area contributed by atoms with Crippen molar-refractivity contribution in [2.24, 2.45) is 5.92 Å². The van der Waals surface area contributed by atoms with Gasteiger partial charge in [0.05, 0.1) is 0 Å². The fourth-order valence-electron chi connectivity index (χ4n) is 1.79. The molecule has 0 aliphatic heterocycles. The predicted molar refractivity (Wildman–Crippen MR) is 61.5 cm³/mol. The van der Waals surface area contributed by atoms with Gasteiger partial charge in [-0.3, -0.25) is 0 Å². The highest BCUT2D eigenvalue weighted by molar-refractivity contribution is 7.10. The van der Waals surface area contributed by atoms with Crippen LogP contribution in [0.2, 0.25) is 0 Å². The third kappa shape index (κ3) is 1.80.